The van der Waals surface area contributed by atoms with Crippen LogP contribution in [0.2, 0.25) is 0 Å². The van der Waals surface area contributed by atoms with Gasteiger partial charge in [0.2, 0.25) is 0 Å². The summed E-state index contributed by atoms with van der Waals surface area (Å²) in [5.74, 6) is 0.488. The summed E-state index contributed by atoms with van der Waals surface area (Å²) in [4.78, 5) is 3.93. The van der Waals surface area contributed by atoms with Crippen LogP contribution in [-0.2, 0) is 11.3 Å². The molecule has 0 aliphatic heterocycles. The number of nitrogens with zero attached hydrogens (tertiary/aromatic N) is 1. The minimum Gasteiger partial charge on any atom is -0.489 e. The maximum Gasteiger partial charge on any atom is 0.151 e. The number of hydrogen-bond acceptors (Lipinski definition) is 4. The highest BCUT2D eigenvalue weighted by Gasteiger charge is 2.02. The molecule has 0 aliphatic carbocycles. The molecule has 0 unspecified atom stereocenters. The fourth-order valence-corrected chi connectivity index (χ4v) is 0.847. The van der Waals surface area contributed by atoms with E-state index in [1.165, 1.54) is 0 Å². The molecule has 0 amide bonds. The average molecular weight is 182 g/mol. The van der Waals surface area contributed by atoms with Crippen LogP contribution in [0.25, 0.3) is 0 Å². The summed E-state index contributed by atoms with van der Waals surface area (Å²) in [5.41, 5.74) is 0.499. The molecule has 0 aliphatic rings. The van der Waals surface area contributed by atoms with Crippen molar-refractivity contribution in [2.45, 2.75) is 6.61 Å². The highest BCUT2D eigenvalue weighted by molar-refractivity contribution is 5.24. The van der Waals surface area contributed by atoms with Crippen molar-refractivity contribution in [3.63, 3.8) is 0 Å². The first-order valence-corrected chi connectivity index (χ1v) is 3.96. The smallest absolute Gasteiger partial charge is 0.151 e. The SMILES string of the molecule is COCCOc1[c]ccnc1CO. The molecular formula is C9H12NO3. The highest BCUT2D eigenvalue weighted by Crippen LogP contribution is 2.13. The van der Waals surface area contributed by atoms with Crippen LogP contribution in [0.1, 0.15) is 5.69 Å². The average Bonchev–Trinajstić information content (AvgIpc) is 2.19. The van der Waals surface area contributed by atoms with Gasteiger partial charge >= 0.3 is 0 Å². The first-order valence-electron chi connectivity index (χ1n) is 3.96. The normalized spacial score (nSPS) is 10.0. The first-order chi connectivity index (χ1) is 6.38. The number of aliphatic hydroxyl groups excluding tert-OH is 1. The van der Waals surface area contributed by atoms with Gasteiger partial charge in [0.15, 0.2) is 5.75 Å². The van der Waals surface area contributed by atoms with Gasteiger partial charge in [-0.15, -0.1) is 0 Å². The summed E-state index contributed by atoms with van der Waals surface area (Å²) in [6.07, 6.45) is 1.56. The second-order valence-electron chi connectivity index (χ2n) is 2.36. The predicted molar refractivity (Wildman–Crippen MR) is 46.4 cm³/mol. The molecule has 0 fully saturated rings. The molecule has 4 heteroatoms. The molecule has 4 nitrogen and oxygen atoms in total. The van der Waals surface area contributed by atoms with Crippen LogP contribution in [0.15, 0.2) is 12.3 Å². The van der Waals surface area contributed by atoms with Crippen molar-refractivity contribution >= 4 is 0 Å². The van der Waals surface area contributed by atoms with Gasteiger partial charge in [0.25, 0.3) is 0 Å². The van der Waals surface area contributed by atoms with Crippen LogP contribution >= 0.6 is 0 Å². The number of aliphatic hydroxyl groups is 1. The van der Waals surface area contributed by atoms with E-state index in [-0.39, 0.29) is 6.61 Å². The summed E-state index contributed by atoms with van der Waals surface area (Å²) in [6, 6.07) is 4.49. The van der Waals surface area contributed by atoms with Gasteiger partial charge in [-0.05, 0) is 6.07 Å². The Kier molecular flexibility index (Phi) is 4.21. The van der Waals surface area contributed by atoms with Gasteiger partial charge in [-0.2, -0.15) is 0 Å². The molecule has 0 saturated heterocycles. The Morgan fingerprint density at radius 2 is 2.38 bits per heavy atom. The Morgan fingerprint density at radius 3 is 3.08 bits per heavy atom. The van der Waals surface area contributed by atoms with Crippen molar-refractivity contribution in [1.29, 1.82) is 0 Å². The Balaban J connectivity index is 2.54. The largest absolute Gasteiger partial charge is 0.489 e. The van der Waals surface area contributed by atoms with Gasteiger partial charge < -0.3 is 14.6 Å². The second kappa shape index (κ2) is 5.50. The standard InChI is InChI=1S/C9H12NO3/c1-12-5-6-13-9-3-2-4-10-8(9)7-11/h2,4,11H,5-7H2,1H3. The Labute approximate surface area is 77.1 Å². The number of hydrogen-bond donors (Lipinski definition) is 1. The number of rotatable bonds is 5. The lowest BCUT2D eigenvalue weighted by Crippen LogP contribution is -2.06. The zero-order valence-electron chi connectivity index (χ0n) is 7.49. The van der Waals surface area contributed by atoms with Crippen molar-refractivity contribution in [2.75, 3.05) is 20.3 Å². The number of ether oxygens (including phenoxy) is 2. The van der Waals surface area contributed by atoms with Crippen molar-refractivity contribution in [3.8, 4) is 5.75 Å². The minimum absolute atomic E-state index is 0.139. The van der Waals surface area contributed by atoms with Gasteiger partial charge in [0, 0.05) is 19.4 Å². The molecule has 1 aromatic heterocycles. The van der Waals surface area contributed by atoms with Gasteiger partial charge in [-0.25, -0.2) is 0 Å². The molecule has 1 N–H and O–H groups in total. The van der Waals surface area contributed by atoms with Crippen LogP contribution in [0, 0.1) is 6.07 Å². The summed E-state index contributed by atoms with van der Waals surface area (Å²) in [7, 11) is 1.60. The summed E-state index contributed by atoms with van der Waals surface area (Å²) < 4.78 is 10.1. The lowest BCUT2D eigenvalue weighted by molar-refractivity contribution is 0.143. The monoisotopic (exact) mass is 182 g/mol. The van der Waals surface area contributed by atoms with Crippen molar-refractivity contribution in [2.24, 2.45) is 0 Å². The lowest BCUT2D eigenvalue weighted by Gasteiger charge is -2.07. The van der Waals surface area contributed by atoms with Crippen molar-refractivity contribution in [3.05, 3.63) is 24.0 Å². The molecule has 1 heterocycles. The molecule has 1 rings (SSSR count). The predicted octanol–water partition coefficient (Wildman–Crippen LogP) is 0.399. The van der Waals surface area contributed by atoms with Gasteiger partial charge in [0.1, 0.15) is 12.3 Å². The zero-order valence-corrected chi connectivity index (χ0v) is 7.49. The molecule has 0 aromatic carbocycles. The summed E-state index contributed by atoms with van der Waals surface area (Å²) in [5, 5.41) is 8.88. The fraction of sp³-hybridized carbons (Fsp3) is 0.444. The van der Waals surface area contributed by atoms with E-state index in [1.54, 1.807) is 19.4 Å². The third-order valence-electron chi connectivity index (χ3n) is 1.47. The van der Waals surface area contributed by atoms with E-state index in [2.05, 4.69) is 11.1 Å². The summed E-state index contributed by atoms with van der Waals surface area (Å²) in [6.45, 7) is 0.805. The third-order valence-corrected chi connectivity index (χ3v) is 1.47. The van der Waals surface area contributed by atoms with Crippen molar-refractivity contribution < 1.29 is 14.6 Å². The number of pyridine rings is 1. The van der Waals surface area contributed by atoms with Crippen LogP contribution in [0.3, 0.4) is 0 Å². The maximum absolute atomic E-state index is 8.88. The van der Waals surface area contributed by atoms with Gasteiger partial charge in [-0.1, -0.05) is 0 Å². The van der Waals surface area contributed by atoms with Crippen molar-refractivity contribution in [1.82, 2.24) is 4.98 Å². The fourth-order valence-electron chi connectivity index (χ4n) is 0.847. The van der Waals surface area contributed by atoms with Crippen LogP contribution < -0.4 is 4.74 Å². The second-order valence-corrected chi connectivity index (χ2v) is 2.36. The maximum atomic E-state index is 8.88. The molecule has 0 atom stereocenters. The van der Waals surface area contributed by atoms with E-state index in [1.807, 2.05) is 0 Å². The van der Waals surface area contributed by atoms with E-state index in [0.29, 0.717) is 24.7 Å². The van der Waals surface area contributed by atoms with Crippen LogP contribution in [0.5, 0.6) is 5.75 Å². The quantitative estimate of drug-likeness (QED) is 0.670. The number of aromatic nitrogens is 1. The van der Waals surface area contributed by atoms with Gasteiger partial charge in [0.05, 0.1) is 13.2 Å². The third kappa shape index (κ3) is 3.01. The molecule has 0 bridgehead atoms. The lowest BCUT2D eigenvalue weighted by atomic mass is 10.3. The first kappa shape index (κ1) is 9.95. The highest BCUT2D eigenvalue weighted by atomic mass is 16.5. The Bertz CT molecular complexity index is 252. The van der Waals surface area contributed by atoms with E-state index >= 15 is 0 Å². The molecular weight excluding hydrogens is 170 g/mol. The Hall–Kier alpha value is -1.13. The molecule has 13 heavy (non-hydrogen) atoms. The molecule has 71 valence electrons. The van der Waals surface area contributed by atoms with E-state index in [4.69, 9.17) is 14.6 Å². The zero-order chi connectivity index (χ0) is 9.52. The topological polar surface area (TPSA) is 51.6 Å². The van der Waals surface area contributed by atoms with E-state index in [9.17, 15) is 0 Å². The molecule has 1 radical (unpaired) electrons. The molecule has 0 spiro atoms. The van der Waals surface area contributed by atoms with Crippen LogP contribution in [0.4, 0.5) is 0 Å². The van der Waals surface area contributed by atoms with E-state index in [0.717, 1.165) is 0 Å². The Morgan fingerprint density at radius 1 is 1.54 bits per heavy atom. The van der Waals surface area contributed by atoms with Gasteiger partial charge in [-0.3, -0.25) is 4.98 Å². The molecule has 1 aromatic rings. The summed E-state index contributed by atoms with van der Waals surface area (Å²) >= 11 is 0. The minimum atomic E-state index is -0.139. The van der Waals surface area contributed by atoms with E-state index < -0.39 is 0 Å². The molecule has 0 saturated carbocycles. The van der Waals surface area contributed by atoms with Crippen LogP contribution in [-0.4, -0.2) is 30.4 Å². The number of methoxy groups -OCH3 is 1.